The van der Waals surface area contributed by atoms with Gasteiger partial charge in [0.1, 0.15) is 0 Å². The van der Waals surface area contributed by atoms with Gasteiger partial charge in [-0.3, -0.25) is 9.78 Å². The standard InChI is InChI=1S/C16H16N2O2S/c1-12(15-6-4-8-21-15)18-16(20)14-9-13(10-17-11-14)5-2-3-7-19/h4,6,8-12,19H,3,7H2,1H3,(H,18,20). The van der Waals surface area contributed by atoms with E-state index in [2.05, 4.69) is 22.1 Å². The zero-order chi connectivity index (χ0) is 15.1. The molecule has 2 aromatic heterocycles. The molecule has 1 amide bonds. The van der Waals surface area contributed by atoms with E-state index in [0.29, 0.717) is 17.5 Å². The number of carbonyl (C=O) groups excluding carboxylic acids is 1. The van der Waals surface area contributed by atoms with Crippen LogP contribution in [0.5, 0.6) is 0 Å². The van der Waals surface area contributed by atoms with E-state index in [1.165, 1.54) is 6.20 Å². The summed E-state index contributed by atoms with van der Waals surface area (Å²) in [5.41, 5.74) is 1.15. The summed E-state index contributed by atoms with van der Waals surface area (Å²) in [6.07, 6.45) is 3.53. The van der Waals surface area contributed by atoms with Crippen molar-refractivity contribution < 1.29 is 9.90 Å². The molecule has 2 heterocycles. The molecule has 0 spiro atoms. The lowest BCUT2D eigenvalue weighted by Gasteiger charge is -2.12. The summed E-state index contributed by atoms with van der Waals surface area (Å²) in [7, 11) is 0. The number of hydrogen-bond donors (Lipinski definition) is 2. The number of carbonyl (C=O) groups is 1. The van der Waals surface area contributed by atoms with Gasteiger partial charge >= 0.3 is 0 Å². The summed E-state index contributed by atoms with van der Waals surface area (Å²) in [6.45, 7) is 1.97. The Morgan fingerprint density at radius 2 is 2.38 bits per heavy atom. The number of nitrogens with one attached hydrogen (secondary N) is 1. The summed E-state index contributed by atoms with van der Waals surface area (Å²) in [5, 5.41) is 13.6. The Morgan fingerprint density at radius 1 is 1.52 bits per heavy atom. The topological polar surface area (TPSA) is 62.2 Å². The summed E-state index contributed by atoms with van der Waals surface area (Å²) < 4.78 is 0. The molecule has 0 aromatic carbocycles. The first-order valence-electron chi connectivity index (χ1n) is 6.59. The quantitative estimate of drug-likeness (QED) is 0.852. The van der Waals surface area contributed by atoms with E-state index in [1.807, 2.05) is 24.4 Å². The third-order valence-electron chi connectivity index (χ3n) is 2.79. The monoisotopic (exact) mass is 300 g/mol. The van der Waals surface area contributed by atoms with Crippen LogP contribution < -0.4 is 5.32 Å². The molecule has 0 aliphatic carbocycles. The second kappa shape index (κ2) is 7.58. The van der Waals surface area contributed by atoms with Crippen LogP contribution in [-0.2, 0) is 0 Å². The van der Waals surface area contributed by atoms with E-state index in [1.54, 1.807) is 23.6 Å². The third-order valence-corrected chi connectivity index (χ3v) is 3.84. The Balaban J connectivity index is 2.06. The second-order valence-corrected chi connectivity index (χ2v) is 5.43. The molecule has 0 saturated carbocycles. The molecule has 2 rings (SSSR count). The number of nitrogens with zero attached hydrogens (tertiary/aromatic N) is 1. The highest BCUT2D eigenvalue weighted by atomic mass is 32.1. The predicted octanol–water partition coefficient (Wildman–Crippen LogP) is 2.37. The molecule has 0 aliphatic heterocycles. The van der Waals surface area contributed by atoms with Crippen LogP contribution in [0.1, 0.15) is 40.2 Å². The molecule has 0 aliphatic rings. The maximum Gasteiger partial charge on any atom is 0.253 e. The smallest absolute Gasteiger partial charge is 0.253 e. The van der Waals surface area contributed by atoms with Crippen molar-refractivity contribution in [1.82, 2.24) is 10.3 Å². The number of aliphatic hydroxyl groups excluding tert-OH is 1. The molecule has 4 nitrogen and oxygen atoms in total. The van der Waals surface area contributed by atoms with Crippen molar-refractivity contribution in [3.8, 4) is 11.8 Å². The van der Waals surface area contributed by atoms with E-state index in [4.69, 9.17) is 5.11 Å². The summed E-state index contributed by atoms with van der Waals surface area (Å²) >= 11 is 1.61. The van der Waals surface area contributed by atoms with Crippen molar-refractivity contribution in [1.29, 1.82) is 0 Å². The molecule has 2 N–H and O–H groups in total. The average molecular weight is 300 g/mol. The van der Waals surface area contributed by atoms with Crippen LogP contribution in [0.15, 0.2) is 36.0 Å². The molecule has 21 heavy (non-hydrogen) atoms. The van der Waals surface area contributed by atoms with Gasteiger partial charge in [-0.05, 0) is 24.4 Å². The van der Waals surface area contributed by atoms with E-state index in [-0.39, 0.29) is 18.6 Å². The van der Waals surface area contributed by atoms with Gasteiger partial charge in [-0.25, -0.2) is 0 Å². The molecule has 0 fully saturated rings. The Hall–Kier alpha value is -2.16. The van der Waals surface area contributed by atoms with E-state index in [0.717, 1.165) is 4.88 Å². The van der Waals surface area contributed by atoms with Crippen LogP contribution in [0.2, 0.25) is 0 Å². The first-order chi connectivity index (χ1) is 10.2. The Bertz CT molecular complexity index is 656. The van der Waals surface area contributed by atoms with Gasteiger partial charge < -0.3 is 10.4 Å². The molecule has 108 valence electrons. The minimum atomic E-state index is -0.172. The van der Waals surface area contributed by atoms with Gasteiger partial charge in [0.25, 0.3) is 5.91 Å². The van der Waals surface area contributed by atoms with Gasteiger partial charge in [0, 0.05) is 29.3 Å². The second-order valence-electron chi connectivity index (χ2n) is 4.45. The van der Waals surface area contributed by atoms with Crippen molar-refractivity contribution in [3.05, 3.63) is 52.0 Å². The number of hydrogen-bond acceptors (Lipinski definition) is 4. The van der Waals surface area contributed by atoms with Crippen LogP contribution in [0.3, 0.4) is 0 Å². The van der Waals surface area contributed by atoms with Gasteiger partial charge in [0.05, 0.1) is 18.2 Å². The fourth-order valence-electron chi connectivity index (χ4n) is 1.74. The Morgan fingerprint density at radius 3 is 3.10 bits per heavy atom. The van der Waals surface area contributed by atoms with E-state index < -0.39 is 0 Å². The zero-order valence-corrected chi connectivity index (χ0v) is 12.5. The Kier molecular flexibility index (Phi) is 5.50. The van der Waals surface area contributed by atoms with Gasteiger partial charge in [-0.15, -0.1) is 11.3 Å². The maximum absolute atomic E-state index is 12.2. The van der Waals surface area contributed by atoms with Crippen molar-refractivity contribution in [2.24, 2.45) is 0 Å². The molecular weight excluding hydrogens is 284 g/mol. The SMILES string of the molecule is CC(NC(=O)c1cncc(C#CCCO)c1)c1cccs1. The third kappa shape index (κ3) is 4.42. The predicted molar refractivity (Wildman–Crippen MR) is 83.0 cm³/mol. The molecule has 1 atom stereocenters. The lowest BCUT2D eigenvalue weighted by Crippen LogP contribution is -2.26. The Labute approximate surface area is 127 Å². The lowest BCUT2D eigenvalue weighted by atomic mass is 10.2. The van der Waals surface area contributed by atoms with Crippen LogP contribution in [0, 0.1) is 11.8 Å². The fourth-order valence-corrected chi connectivity index (χ4v) is 2.48. The highest BCUT2D eigenvalue weighted by Crippen LogP contribution is 2.18. The molecule has 0 bridgehead atoms. The summed E-state index contributed by atoms with van der Waals surface area (Å²) in [5.74, 6) is 5.51. The van der Waals surface area contributed by atoms with Crippen molar-refractivity contribution in [2.75, 3.05) is 6.61 Å². The minimum absolute atomic E-state index is 0.0267. The van der Waals surface area contributed by atoms with Crippen molar-refractivity contribution >= 4 is 17.2 Å². The van der Waals surface area contributed by atoms with E-state index >= 15 is 0 Å². The largest absolute Gasteiger partial charge is 0.395 e. The van der Waals surface area contributed by atoms with Crippen LogP contribution in [0.25, 0.3) is 0 Å². The maximum atomic E-state index is 12.2. The number of aromatic nitrogens is 1. The van der Waals surface area contributed by atoms with Crippen LogP contribution >= 0.6 is 11.3 Å². The fraction of sp³-hybridized carbons (Fsp3) is 0.250. The van der Waals surface area contributed by atoms with Crippen molar-refractivity contribution in [3.63, 3.8) is 0 Å². The molecule has 0 saturated heterocycles. The molecular formula is C16H16N2O2S. The number of thiophene rings is 1. The number of amides is 1. The summed E-state index contributed by atoms with van der Waals surface area (Å²) in [4.78, 5) is 17.3. The normalized spacial score (nSPS) is 11.3. The zero-order valence-electron chi connectivity index (χ0n) is 11.7. The lowest BCUT2D eigenvalue weighted by molar-refractivity contribution is 0.0940. The van der Waals surface area contributed by atoms with Crippen molar-refractivity contribution in [2.45, 2.75) is 19.4 Å². The minimum Gasteiger partial charge on any atom is -0.395 e. The molecule has 0 radical (unpaired) electrons. The van der Waals surface area contributed by atoms with Gasteiger partial charge in [0.15, 0.2) is 0 Å². The number of pyridine rings is 1. The number of aliphatic hydroxyl groups is 1. The van der Waals surface area contributed by atoms with Crippen LogP contribution in [0.4, 0.5) is 0 Å². The van der Waals surface area contributed by atoms with Crippen LogP contribution in [-0.4, -0.2) is 22.6 Å². The van der Waals surface area contributed by atoms with Gasteiger partial charge in [-0.1, -0.05) is 17.9 Å². The summed E-state index contributed by atoms with van der Waals surface area (Å²) in [6, 6.07) is 5.61. The van der Waals surface area contributed by atoms with E-state index in [9.17, 15) is 4.79 Å². The first-order valence-corrected chi connectivity index (χ1v) is 7.47. The molecule has 1 unspecified atom stereocenters. The van der Waals surface area contributed by atoms with Gasteiger partial charge in [0.2, 0.25) is 0 Å². The average Bonchev–Trinajstić information content (AvgIpc) is 3.02. The van der Waals surface area contributed by atoms with Gasteiger partial charge in [-0.2, -0.15) is 0 Å². The molecule has 5 heteroatoms. The highest BCUT2D eigenvalue weighted by molar-refractivity contribution is 7.10. The molecule has 2 aromatic rings. The first kappa shape index (κ1) is 15.2. The highest BCUT2D eigenvalue weighted by Gasteiger charge is 2.12. The number of rotatable bonds is 4.